The van der Waals surface area contributed by atoms with Crippen molar-refractivity contribution in [3.63, 3.8) is 0 Å². The first kappa shape index (κ1) is 26.3. The number of likely N-dealkylation sites (tertiary alicyclic amines) is 1. The molecule has 7 heteroatoms. The van der Waals surface area contributed by atoms with E-state index >= 15 is 0 Å². The van der Waals surface area contributed by atoms with Gasteiger partial charge in [0, 0.05) is 82.5 Å². The number of carbonyl (C=O) groups is 1. The summed E-state index contributed by atoms with van der Waals surface area (Å²) in [6.07, 6.45) is 2.52. The van der Waals surface area contributed by atoms with Crippen molar-refractivity contribution >= 4 is 12.0 Å². The van der Waals surface area contributed by atoms with Crippen LogP contribution in [0.1, 0.15) is 41.0 Å². The van der Waals surface area contributed by atoms with Gasteiger partial charge in [-0.1, -0.05) is 36.1 Å². The van der Waals surface area contributed by atoms with E-state index in [0.717, 1.165) is 69.2 Å². The van der Waals surface area contributed by atoms with Crippen molar-refractivity contribution in [1.82, 2.24) is 9.80 Å². The number of aliphatic hydroxyl groups is 1. The summed E-state index contributed by atoms with van der Waals surface area (Å²) in [5.74, 6) is 6.18. The Morgan fingerprint density at radius 1 is 1.03 bits per heavy atom. The van der Waals surface area contributed by atoms with E-state index in [1.165, 1.54) is 5.56 Å². The summed E-state index contributed by atoms with van der Waals surface area (Å²) in [5.41, 5.74) is 4.83. The van der Waals surface area contributed by atoms with Crippen LogP contribution in [-0.2, 0) is 20.8 Å². The van der Waals surface area contributed by atoms with E-state index in [-0.39, 0.29) is 30.0 Å². The third-order valence-corrected chi connectivity index (χ3v) is 7.43. The van der Waals surface area contributed by atoms with E-state index in [2.05, 4.69) is 63.0 Å². The van der Waals surface area contributed by atoms with Crippen molar-refractivity contribution in [2.24, 2.45) is 4.99 Å². The highest BCUT2D eigenvalue weighted by molar-refractivity contribution is 6.03. The number of morpholine rings is 1. The number of Topliss-reactive ketones (excluding diaryl/α,β-unsaturated/α-hetero) is 1. The fourth-order valence-electron chi connectivity index (χ4n) is 5.05. The predicted molar refractivity (Wildman–Crippen MR) is 147 cm³/mol. The Morgan fingerprint density at radius 3 is 2.34 bits per heavy atom. The summed E-state index contributed by atoms with van der Waals surface area (Å²) in [6.45, 7) is 7.10. The summed E-state index contributed by atoms with van der Waals surface area (Å²) in [7, 11) is 1.74. The summed E-state index contributed by atoms with van der Waals surface area (Å²) < 4.78 is 10.9. The number of allylic oxidation sites excluding steroid dienone is 2. The number of aliphatic imine (C=N–C) groups is 1. The molecular formula is C31H35N3O4. The van der Waals surface area contributed by atoms with E-state index in [0.29, 0.717) is 12.1 Å². The second-order valence-electron chi connectivity index (χ2n) is 10.2. The van der Waals surface area contributed by atoms with Gasteiger partial charge in [-0.05, 0) is 35.4 Å². The minimum atomic E-state index is -0.267. The molecule has 2 saturated heterocycles. The molecule has 7 nitrogen and oxygen atoms in total. The Balaban J connectivity index is 1.24. The molecule has 3 heterocycles. The van der Waals surface area contributed by atoms with Gasteiger partial charge in [-0.2, -0.15) is 0 Å². The second-order valence-corrected chi connectivity index (χ2v) is 10.2. The number of rotatable bonds is 8. The van der Waals surface area contributed by atoms with Gasteiger partial charge in [0.1, 0.15) is 0 Å². The average molecular weight is 514 g/mol. The van der Waals surface area contributed by atoms with Crippen LogP contribution in [0.25, 0.3) is 0 Å². The highest BCUT2D eigenvalue weighted by atomic mass is 16.5. The van der Waals surface area contributed by atoms with E-state index < -0.39 is 0 Å². The Labute approximate surface area is 224 Å². The van der Waals surface area contributed by atoms with Gasteiger partial charge in [0.15, 0.2) is 5.76 Å². The predicted octanol–water partition coefficient (Wildman–Crippen LogP) is 3.54. The van der Waals surface area contributed by atoms with E-state index in [9.17, 15) is 9.90 Å². The molecule has 0 aliphatic carbocycles. The molecule has 1 atom stereocenters. The number of hydrogen-bond donors (Lipinski definition) is 1. The van der Waals surface area contributed by atoms with Crippen LogP contribution >= 0.6 is 0 Å². The summed E-state index contributed by atoms with van der Waals surface area (Å²) in [5, 5.41) is 10.3. The third-order valence-electron chi connectivity index (χ3n) is 7.43. The van der Waals surface area contributed by atoms with Crippen LogP contribution in [0.5, 0.6) is 0 Å². The van der Waals surface area contributed by atoms with Crippen molar-refractivity contribution in [3.8, 4) is 11.8 Å². The maximum Gasteiger partial charge on any atom is 0.204 e. The Hall–Kier alpha value is -3.28. The molecule has 3 aliphatic rings. The number of aliphatic hydroxyl groups excluding tert-OH is 1. The van der Waals surface area contributed by atoms with Gasteiger partial charge in [0.25, 0.3) is 0 Å². The number of ketones is 1. The molecule has 0 spiro atoms. The number of hydrogen-bond acceptors (Lipinski definition) is 7. The molecule has 5 rings (SSSR count). The number of methoxy groups -OCH3 is 1. The molecule has 0 aromatic heterocycles. The zero-order valence-corrected chi connectivity index (χ0v) is 21.9. The minimum absolute atomic E-state index is 0.0917. The van der Waals surface area contributed by atoms with Gasteiger partial charge in [0.2, 0.25) is 5.78 Å². The molecule has 0 radical (unpaired) electrons. The van der Waals surface area contributed by atoms with Crippen molar-refractivity contribution in [3.05, 3.63) is 82.2 Å². The number of ether oxygens (including phenoxy) is 2. The molecule has 0 amide bonds. The zero-order chi connectivity index (χ0) is 26.3. The van der Waals surface area contributed by atoms with Gasteiger partial charge in [0.05, 0.1) is 25.0 Å². The van der Waals surface area contributed by atoms with Gasteiger partial charge < -0.3 is 14.6 Å². The van der Waals surface area contributed by atoms with E-state index in [4.69, 9.17) is 9.47 Å². The molecule has 1 N–H and O–H groups in total. The van der Waals surface area contributed by atoms with Crippen LogP contribution in [0, 0.1) is 11.8 Å². The van der Waals surface area contributed by atoms with Crippen LogP contribution in [0.4, 0.5) is 0 Å². The quantitative estimate of drug-likeness (QED) is 0.545. The Morgan fingerprint density at radius 2 is 1.68 bits per heavy atom. The van der Waals surface area contributed by atoms with Gasteiger partial charge >= 0.3 is 0 Å². The average Bonchev–Trinajstić information content (AvgIpc) is 2.92. The molecule has 2 aromatic rings. The lowest BCUT2D eigenvalue weighted by molar-refractivity contribution is -0.117. The largest absolute Gasteiger partial charge is 0.503 e. The van der Waals surface area contributed by atoms with Crippen molar-refractivity contribution < 1.29 is 19.4 Å². The first-order chi connectivity index (χ1) is 18.6. The third kappa shape index (κ3) is 6.77. The highest BCUT2D eigenvalue weighted by Crippen LogP contribution is 2.30. The topological polar surface area (TPSA) is 74.6 Å². The van der Waals surface area contributed by atoms with Gasteiger partial charge in [-0.3, -0.25) is 19.6 Å². The lowest BCUT2D eigenvalue weighted by atomic mass is 9.90. The number of carbonyl (C=O) groups excluding carboxylic acids is 1. The van der Waals surface area contributed by atoms with Gasteiger partial charge in [-0.15, -0.1) is 0 Å². The lowest BCUT2D eigenvalue weighted by Gasteiger charge is -2.40. The second kappa shape index (κ2) is 12.5. The lowest BCUT2D eigenvalue weighted by Crippen LogP contribution is -2.52. The Kier molecular flexibility index (Phi) is 8.67. The van der Waals surface area contributed by atoms with Gasteiger partial charge in [-0.25, -0.2) is 0 Å². The molecule has 0 saturated carbocycles. The molecule has 0 bridgehead atoms. The van der Waals surface area contributed by atoms with Crippen molar-refractivity contribution in [2.45, 2.75) is 31.4 Å². The maximum absolute atomic E-state index is 12.0. The molecule has 2 fully saturated rings. The normalized spacial score (nSPS) is 19.7. The van der Waals surface area contributed by atoms with Crippen molar-refractivity contribution in [2.75, 3.05) is 53.0 Å². The summed E-state index contributed by atoms with van der Waals surface area (Å²) in [4.78, 5) is 21.1. The van der Waals surface area contributed by atoms with Crippen LogP contribution in [0.3, 0.4) is 0 Å². The highest BCUT2D eigenvalue weighted by Gasteiger charge is 2.30. The zero-order valence-electron chi connectivity index (χ0n) is 21.9. The van der Waals surface area contributed by atoms with E-state index in [1.54, 1.807) is 13.3 Å². The smallest absolute Gasteiger partial charge is 0.204 e. The monoisotopic (exact) mass is 513 g/mol. The first-order valence-electron chi connectivity index (χ1n) is 13.3. The fraction of sp³-hybridized carbons (Fsp3) is 0.419. The summed E-state index contributed by atoms with van der Waals surface area (Å²) in [6, 6.07) is 16.7. The molecule has 2 aromatic carbocycles. The van der Waals surface area contributed by atoms with E-state index in [1.807, 2.05) is 12.1 Å². The maximum atomic E-state index is 12.0. The SMILES string of the molecule is COC1CN(CC(CC2=C(O)C(=O)CC=N2)c2ccc(C#Cc3ccc(CN4CCOCC4)cc3)cc2)C1. The number of benzene rings is 2. The first-order valence-corrected chi connectivity index (χ1v) is 13.3. The molecule has 3 aliphatic heterocycles. The van der Waals surface area contributed by atoms with Crippen LogP contribution in [0.2, 0.25) is 0 Å². The van der Waals surface area contributed by atoms with Crippen LogP contribution in [-0.4, -0.2) is 86.1 Å². The number of nitrogens with zero attached hydrogens (tertiary/aromatic N) is 3. The van der Waals surface area contributed by atoms with Crippen LogP contribution < -0.4 is 0 Å². The summed E-state index contributed by atoms with van der Waals surface area (Å²) >= 11 is 0. The molecular weight excluding hydrogens is 478 g/mol. The van der Waals surface area contributed by atoms with Crippen LogP contribution in [0.15, 0.2) is 65.0 Å². The van der Waals surface area contributed by atoms with Crippen molar-refractivity contribution in [1.29, 1.82) is 0 Å². The fourth-order valence-corrected chi connectivity index (χ4v) is 5.05. The Bertz CT molecular complexity index is 1230. The molecule has 38 heavy (non-hydrogen) atoms. The minimum Gasteiger partial charge on any atom is -0.503 e. The molecule has 1 unspecified atom stereocenters. The standard InChI is InChI=1S/C31H35N3O4/c1-37-28-21-34(22-28)20-27(18-29-31(36)30(35)12-13-32-29)26-10-8-24(9-11-26)3-2-23-4-6-25(7-5-23)19-33-14-16-38-17-15-33/h4-11,13,27-28,36H,12,14-22H2,1H3. The molecule has 198 valence electrons.